The second kappa shape index (κ2) is 2.81. The van der Waals surface area contributed by atoms with Crippen LogP contribution in [-0.4, -0.2) is 32.9 Å². The van der Waals surface area contributed by atoms with Gasteiger partial charge in [-0.1, -0.05) is 0 Å². The number of carbonyl (C=O) groups excluding carboxylic acids is 1. The number of nitrogens with two attached hydrogens (primary N) is 1. The Morgan fingerprint density at radius 2 is 2.17 bits per heavy atom. The molecule has 2 atom stereocenters. The summed E-state index contributed by atoms with van der Waals surface area (Å²) >= 11 is 0. The van der Waals surface area contributed by atoms with Crippen LogP contribution in [0.25, 0.3) is 0 Å². The lowest BCUT2D eigenvalue weighted by Crippen LogP contribution is -2.30. The molecule has 2 aliphatic rings. The van der Waals surface area contributed by atoms with E-state index in [4.69, 9.17) is 5.14 Å². The molecule has 2 fully saturated rings. The number of hydrogen-bond donors (Lipinski definition) is 1. The standard InChI is InChI=1S/C7H12N2O2S/c8-12(11)6-3-7(10)9(4-6)5-1-2-5/h5-6H,1-4,8H2. The Bertz CT molecular complexity index is 240. The second-order valence-corrected chi connectivity index (χ2v) is 4.76. The Morgan fingerprint density at radius 3 is 2.58 bits per heavy atom. The van der Waals surface area contributed by atoms with E-state index in [0.717, 1.165) is 12.8 Å². The average molecular weight is 188 g/mol. The van der Waals surface area contributed by atoms with E-state index < -0.39 is 11.0 Å². The lowest BCUT2D eigenvalue weighted by molar-refractivity contribution is -0.128. The summed E-state index contributed by atoms with van der Waals surface area (Å²) in [6.45, 7) is 0.604. The van der Waals surface area contributed by atoms with Gasteiger partial charge in [-0.2, -0.15) is 0 Å². The van der Waals surface area contributed by atoms with Crippen molar-refractivity contribution in [3.05, 3.63) is 0 Å². The summed E-state index contributed by atoms with van der Waals surface area (Å²) in [5, 5.41) is 5.11. The first kappa shape index (κ1) is 8.19. The van der Waals surface area contributed by atoms with Gasteiger partial charge in [0, 0.05) is 19.0 Å². The summed E-state index contributed by atoms with van der Waals surface area (Å²) < 4.78 is 10.9. The number of nitrogens with zero attached hydrogens (tertiary/aromatic N) is 1. The van der Waals surface area contributed by atoms with Crippen LogP contribution in [0.15, 0.2) is 0 Å². The van der Waals surface area contributed by atoms with Gasteiger partial charge in [0.25, 0.3) is 0 Å². The third-order valence-electron chi connectivity index (χ3n) is 2.44. The molecule has 2 rings (SSSR count). The van der Waals surface area contributed by atoms with Crippen molar-refractivity contribution in [3.63, 3.8) is 0 Å². The summed E-state index contributed by atoms with van der Waals surface area (Å²) in [4.78, 5) is 13.1. The van der Waals surface area contributed by atoms with Gasteiger partial charge in [0.1, 0.15) is 0 Å². The van der Waals surface area contributed by atoms with Crippen LogP contribution < -0.4 is 5.14 Å². The first-order chi connectivity index (χ1) is 5.68. The molecule has 1 aliphatic heterocycles. The SMILES string of the molecule is NS(=O)C1CC(=O)N(C2CC2)C1. The quantitative estimate of drug-likeness (QED) is 0.627. The van der Waals surface area contributed by atoms with E-state index in [1.165, 1.54) is 0 Å². The van der Waals surface area contributed by atoms with E-state index in [0.29, 0.717) is 19.0 Å². The minimum atomic E-state index is -1.33. The third kappa shape index (κ3) is 1.38. The molecule has 0 aromatic rings. The maximum atomic E-state index is 11.3. The molecule has 2 unspecified atom stereocenters. The number of amides is 1. The Hall–Kier alpha value is -0.420. The van der Waals surface area contributed by atoms with E-state index in [-0.39, 0.29) is 11.2 Å². The number of rotatable bonds is 2. The van der Waals surface area contributed by atoms with Crippen molar-refractivity contribution in [1.82, 2.24) is 4.90 Å². The first-order valence-corrected chi connectivity index (χ1v) is 5.40. The van der Waals surface area contributed by atoms with Crippen molar-refractivity contribution in [2.45, 2.75) is 30.6 Å². The van der Waals surface area contributed by atoms with E-state index >= 15 is 0 Å². The minimum Gasteiger partial charge on any atom is -0.338 e. The zero-order valence-corrected chi connectivity index (χ0v) is 7.55. The summed E-state index contributed by atoms with van der Waals surface area (Å²) in [5.74, 6) is 0.126. The fourth-order valence-corrected chi connectivity index (χ4v) is 2.21. The van der Waals surface area contributed by atoms with Crippen molar-refractivity contribution in [2.75, 3.05) is 6.54 Å². The smallest absolute Gasteiger partial charge is 0.224 e. The molecular weight excluding hydrogens is 176 g/mol. The molecule has 1 saturated heterocycles. The Morgan fingerprint density at radius 1 is 1.50 bits per heavy atom. The molecule has 0 aromatic heterocycles. The normalized spacial score (nSPS) is 32.6. The van der Waals surface area contributed by atoms with Crippen molar-refractivity contribution >= 4 is 16.9 Å². The highest BCUT2D eigenvalue weighted by atomic mass is 32.2. The van der Waals surface area contributed by atoms with E-state index in [9.17, 15) is 9.00 Å². The maximum absolute atomic E-state index is 11.3. The van der Waals surface area contributed by atoms with Gasteiger partial charge < -0.3 is 4.90 Å². The van der Waals surface area contributed by atoms with Gasteiger partial charge in [0.2, 0.25) is 5.91 Å². The van der Waals surface area contributed by atoms with Gasteiger partial charge in [-0.15, -0.1) is 0 Å². The van der Waals surface area contributed by atoms with Gasteiger partial charge in [0.05, 0.1) is 16.2 Å². The highest BCUT2D eigenvalue weighted by Crippen LogP contribution is 2.31. The Labute approximate surface area is 73.7 Å². The van der Waals surface area contributed by atoms with E-state index in [1.807, 2.05) is 4.90 Å². The molecule has 12 heavy (non-hydrogen) atoms. The van der Waals surface area contributed by atoms with Crippen LogP contribution in [0.3, 0.4) is 0 Å². The molecule has 5 heteroatoms. The zero-order valence-electron chi connectivity index (χ0n) is 6.73. The van der Waals surface area contributed by atoms with Crippen LogP contribution in [0, 0.1) is 0 Å². The van der Waals surface area contributed by atoms with Crippen molar-refractivity contribution in [2.24, 2.45) is 5.14 Å². The molecule has 1 heterocycles. The lowest BCUT2D eigenvalue weighted by Gasteiger charge is -2.14. The molecule has 2 N–H and O–H groups in total. The Kier molecular flexibility index (Phi) is 1.92. The average Bonchev–Trinajstić information content (AvgIpc) is 2.75. The predicted octanol–water partition coefficient (Wildman–Crippen LogP) is -0.628. The largest absolute Gasteiger partial charge is 0.338 e. The molecule has 0 bridgehead atoms. The molecule has 0 spiro atoms. The molecule has 1 aliphatic carbocycles. The van der Waals surface area contributed by atoms with Crippen LogP contribution in [0.5, 0.6) is 0 Å². The van der Waals surface area contributed by atoms with Gasteiger partial charge in [-0.3, -0.25) is 9.93 Å². The molecular formula is C7H12N2O2S. The van der Waals surface area contributed by atoms with Gasteiger partial charge in [-0.05, 0) is 12.8 Å². The summed E-state index contributed by atoms with van der Waals surface area (Å²) in [6.07, 6.45) is 2.59. The van der Waals surface area contributed by atoms with Crippen LogP contribution in [0.2, 0.25) is 0 Å². The molecule has 0 aromatic carbocycles. The third-order valence-corrected chi connectivity index (χ3v) is 3.41. The van der Waals surface area contributed by atoms with Crippen LogP contribution in [-0.2, 0) is 15.8 Å². The summed E-state index contributed by atoms with van der Waals surface area (Å²) in [6, 6.07) is 0.436. The highest BCUT2D eigenvalue weighted by Gasteiger charge is 2.40. The van der Waals surface area contributed by atoms with Crippen molar-refractivity contribution < 1.29 is 9.00 Å². The van der Waals surface area contributed by atoms with Crippen LogP contribution >= 0.6 is 0 Å². The first-order valence-electron chi connectivity index (χ1n) is 4.13. The molecule has 4 nitrogen and oxygen atoms in total. The second-order valence-electron chi connectivity index (χ2n) is 3.43. The van der Waals surface area contributed by atoms with Gasteiger partial charge in [0.15, 0.2) is 0 Å². The van der Waals surface area contributed by atoms with Crippen molar-refractivity contribution in [1.29, 1.82) is 0 Å². The molecule has 1 amide bonds. The monoisotopic (exact) mass is 188 g/mol. The predicted molar refractivity (Wildman–Crippen MR) is 45.5 cm³/mol. The Balaban J connectivity index is 2.01. The van der Waals surface area contributed by atoms with E-state index in [1.54, 1.807) is 0 Å². The van der Waals surface area contributed by atoms with Crippen molar-refractivity contribution in [3.8, 4) is 0 Å². The van der Waals surface area contributed by atoms with Crippen LogP contribution in [0.4, 0.5) is 0 Å². The van der Waals surface area contributed by atoms with Gasteiger partial charge >= 0.3 is 0 Å². The fourth-order valence-electron chi connectivity index (χ4n) is 1.59. The van der Waals surface area contributed by atoms with Gasteiger partial charge in [-0.25, -0.2) is 4.21 Å². The topological polar surface area (TPSA) is 63.4 Å². The summed E-state index contributed by atoms with van der Waals surface area (Å²) in [7, 11) is -1.33. The lowest BCUT2D eigenvalue weighted by atomic mass is 10.4. The molecule has 68 valence electrons. The maximum Gasteiger partial charge on any atom is 0.224 e. The highest BCUT2D eigenvalue weighted by molar-refractivity contribution is 7.83. The number of likely N-dealkylation sites (tertiary alicyclic amines) is 1. The van der Waals surface area contributed by atoms with Crippen LogP contribution in [0.1, 0.15) is 19.3 Å². The number of carbonyl (C=O) groups is 1. The molecule has 1 saturated carbocycles. The summed E-state index contributed by atoms with van der Waals surface area (Å²) in [5.41, 5.74) is 0. The number of hydrogen-bond acceptors (Lipinski definition) is 2. The fraction of sp³-hybridized carbons (Fsp3) is 0.857. The molecule has 0 radical (unpaired) electrons. The minimum absolute atomic E-state index is 0.126. The zero-order chi connectivity index (χ0) is 8.72. The van der Waals surface area contributed by atoms with E-state index in [2.05, 4.69) is 0 Å².